The molecular weight excluding hydrogens is 497 g/mol. The topological polar surface area (TPSA) is 21.6 Å². The van der Waals surface area contributed by atoms with Gasteiger partial charge in [0.15, 0.2) is 0 Å². The van der Waals surface area contributed by atoms with Crippen molar-refractivity contribution >= 4 is 68.6 Å². The molecule has 4 rings (SSSR count). The van der Waals surface area contributed by atoms with Crippen molar-refractivity contribution in [2.75, 3.05) is 6.61 Å². The summed E-state index contributed by atoms with van der Waals surface area (Å²) >= 11 is 13.3. The van der Waals surface area contributed by atoms with E-state index in [0.717, 1.165) is 11.3 Å². The van der Waals surface area contributed by atoms with Gasteiger partial charge >= 0.3 is 0 Å². The molecule has 4 aromatic carbocycles. The van der Waals surface area contributed by atoms with Gasteiger partial charge in [0, 0.05) is 26.7 Å². The highest BCUT2D eigenvalue weighted by Gasteiger charge is 2.27. The van der Waals surface area contributed by atoms with E-state index < -0.39 is 7.05 Å². The molecule has 0 aliphatic carbocycles. The first-order valence-corrected chi connectivity index (χ1v) is 14.5. The lowest BCUT2D eigenvalue weighted by molar-refractivity contribution is 0.346. The zero-order chi connectivity index (χ0) is 23.8. The van der Waals surface area contributed by atoms with Crippen molar-refractivity contribution in [1.82, 2.24) is 0 Å². The minimum Gasteiger partial charge on any atom is -0.479 e. The predicted molar refractivity (Wildman–Crippen MR) is 154 cm³/mol. The van der Waals surface area contributed by atoms with Gasteiger partial charge in [-0.3, -0.25) is 4.74 Å². The van der Waals surface area contributed by atoms with Crippen LogP contribution in [0, 0.1) is 0 Å². The van der Waals surface area contributed by atoms with Gasteiger partial charge in [-0.05, 0) is 42.9 Å². The van der Waals surface area contributed by atoms with Crippen LogP contribution in [0.15, 0.2) is 114 Å². The molecule has 172 valence electrons. The normalized spacial score (nSPS) is 11.1. The van der Waals surface area contributed by atoms with E-state index in [1.54, 1.807) is 0 Å². The summed E-state index contributed by atoms with van der Waals surface area (Å²) in [5.74, 6) is 0.636. The monoisotopic (exact) mass is 521 g/mol. The average molecular weight is 522 g/mol. The number of hydrogen-bond acceptors (Lipinski definition) is 4. The lowest BCUT2D eigenvalue weighted by Crippen LogP contribution is -2.25. The van der Waals surface area contributed by atoms with Crippen LogP contribution in [0.1, 0.15) is 12.5 Å². The molecule has 0 aliphatic rings. The molecule has 0 saturated heterocycles. The molecule has 0 heterocycles. The van der Waals surface area contributed by atoms with Gasteiger partial charge in [0.2, 0.25) is 4.38 Å². The number of nitrogens with zero attached hydrogens (tertiary/aromatic N) is 1. The van der Waals surface area contributed by atoms with Crippen LogP contribution in [-0.2, 0) is 10.5 Å². The molecule has 0 aliphatic heterocycles. The molecule has 0 amide bonds. The second-order valence-electron chi connectivity index (χ2n) is 7.49. The van der Waals surface area contributed by atoms with E-state index >= 15 is 0 Å². The lowest BCUT2D eigenvalue weighted by atomic mass is 10.2. The Bertz CT molecular complexity index is 1190. The second kappa shape index (κ2) is 11.9. The Morgan fingerprint density at radius 2 is 1.32 bits per heavy atom. The van der Waals surface area contributed by atoms with Crippen LogP contribution in [0.5, 0.6) is 0 Å². The van der Waals surface area contributed by atoms with Gasteiger partial charge in [-0.25, -0.2) is 0 Å². The number of halogens is 1. The van der Waals surface area contributed by atoms with Crippen LogP contribution in [0.4, 0.5) is 5.69 Å². The Labute approximate surface area is 216 Å². The number of hydrogen-bond donors (Lipinski definition) is 0. The molecule has 6 heteroatoms. The van der Waals surface area contributed by atoms with Gasteiger partial charge in [0.25, 0.3) is 0 Å². The largest absolute Gasteiger partial charge is 0.479 e. The Balaban J connectivity index is 1.99. The predicted octanol–water partition coefficient (Wildman–Crippen LogP) is 7.70. The third kappa shape index (κ3) is 5.64. The van der Waals surface area contributed by atoms with Gasteiger partial charge < -0.3 is 4.74 Å². The van der Waals surface area contributed by atoms with Gasteiger partial charge in [-0.2, -0.15) is 0 Å². The molecule has 0 atom stereocenters. The summed E-state index contributed by atoms with van der Waals surface area (Å²) in [7, 11) is -2.37. The number of thiocarbonyl (C=S) groups is 1. The van der Waals surface area contributed by atoms with Crippen molar-refractivity contribution in [3.63, 3.8) is 0 Å². The quantitative estimate of drug-likeness (QED) is 0.184. The van der Waals surface area contributed by atoms with E-state index in [2.05, 4.69) is 72.8 Å². The third-order valence-electron chi connectivity index (χ3n) is 5.30. The Morgan fingerprint density at radius 3 is 1.79 bits per heavy atom. The van der Waals surface area contributed by atoms with Crippen LogP contribution in [-0.4, -0.2) is 11.0 Å². The zero-order valence-electron chi connectivity index (χ0n) is 18.8. The molecule has 0 bridgehead atoms. The van der Waals surface area contributed by atoms with Crippen LogP contribution >= 0.6 is 42.6 Å². The highest BCUT2D eigenvalue weighted by molar-refractivity contribution is 8.22. The third-order valence-corrected chi connectivity index (χ3v) is 10.5. The molecule has 0 saturated carbocycles. The Kier molecular flexibility index (Phi) is 8.64. The van der Waals surface area contributed by atoms with Crippen molar-refractivity contribution in [2.45, 2.75) is 12.7 Å². The summed E-state index contributed by atoms with van der Waals surface area (Å²) < 4.78 is 11.6. The lowest BCUT2D eigenvalue weighted by Gasteiger charge is -2.27. The first kappa shape index (κ1) is 24.8. The summed E-state index contributed by atoms with van der Waals surface area (Å²) in [5, 5.41) is 4.28. The first-order chi connectivity index (χ1) is 16.6. The Hall–Kier alpha value is -2.36. The van der Waals surface area contributed by atoms with Crippen LogP contribution in [0.3, 0.4) is 0 Å². The number of ether oxygens (including phenoxy) is 1. The van der Waals surface area contributed by atoms with E-state index in [4.69, 9.17) is 33.3 Å². The summed E-state index contributed by atoms with van der Waals surface area (Å²) in [6.07, 6.45) is 0. The van der Waals surface area contributed by atoms with Gasteiger partial charge in [0.05, 0.1) is 19.3 Å². The highest BCUT2D eigenvalue weighted by atomic mass is 35.5. The average Bonchev–Trinajstić information content (AvgIpc) is 2.89. The molecule has 0 radical (unpaired) electrons. The zero-order valence-corrected chi connectivity index (χ0v) is 22.1. The summed E-state index contributed by atoms with van der Waals surface area (Å²) in [6, 6.07) is 37.7. The fourth-order valence-electron chi connectivity index (χ4n) is 3.78. The SMILES string of the molecule is CCOC(=S)SCc1cc(Cl)ccc1N=P(c1ccccc1)(c1ccccc1)c1ccccc1. The maximum absolute atomic E-state index is 6.41. The maximum atomic E-state index is 6.41. The van der Waals surface area contributed by atoms with E-state index in [1.165, 1.54) is 27.7 Å². The molecule has 0 unspecified atom stereocenters. The Morgan fingerprint density at radius 1 is 0.824 bits per heavy atom. The van der Waals surface area contributed by atoms with Crippen molar-refractivity contribution in [3.8, 4) is 0 Å². The maximum Gasteiger partial charge on any atom is 0.220 e. The second-order valence-corrected chi connectivity index (χ2v) is 12.5. The molecule has 2 nitrogen and oxygen atoms in total. The van der Waals surface area contributed by atoms with Gasteiger partial charge in [-0.15, -0.1) is 0 Å². The van der Waals surface area contributed by atoms with Crippen molar-refractivity contribution in [2.24, 2.45) is 4.74 Å². The minimum atomic E-state index is -2.37. The number of benzene rings is 4. The standard InChI is InChI=1S/C28H25ClNOPS2/c1-2-31-28(33)34-21-22-20-23(29)18-19-27(22)30-32(24-12-6-3-7-13-24,25-14-8-4-9-15-25)26-16-10-5-11-17-26/h3-20H,2,21H2,1H3. The molecule has 0 N–H and O–H groups in total. The number of thioether (sulfide) groups is 1. The molecule has 0 fully saturated rings. The van der Waals surface area contributed by atoms with E-state index in [-0.39, 0.29) is 0 Å². The van der Waals surface area contributed by atoms with Crippen LogP contribution in [0.25, 0.3) is 0 Å². The van der Waals surface area contributed by atoms with E-state index in [9.17, 15) is 0 Å². The van der Waals surface area contributed by atoms with Gasteiger partial charge in [0.1, 0.15) is 0 Å². The van der Waals surface area contributed by atoms with Crippen LogP contribution < -0.4 is 15.9 Å². The molecule has 4 aromatic rings. The van der Waals surface area contributed by atoms with E-state index in [0.29, 0.717) is 21.8 Å². The molecule has 34 heavy (non-hydrogen) atoms. The fourth-order valence-corrected chi connectivity index (χ4v) is 8.54. The van der Waals surface area contributed by atoms with E-state index in [1.807, 2.05) is 43.3 Å². The van der Waals surface area contributed by atoms with Crippen molar-refractivity contribution in [3.05, 3.63) is 120 Å². The summed E-state index contributed by atoms with van der Waals surface area (Å²) in [6.45, 7) is 2.49. The first-order valence-electron chi connectivity index (χ1n) is 11.0. The molecule has 0 spiro atoms. The fraction of sp³-hybridized carbons (Fsp3) is 0.107. The smallest absolute Gasteiger partial charge is 0.220 e. The van der Waals surface area contributed by atoms with Crippen LogP contribution in [0.2, 0.25) is 5.02 Å². The summed E-state index contributed by atoms with van der Waals surface area (Å²) in [5.41, 5.74) is 1.95. The highest BCUT2D eigenvalue weighted by Crippen LogP contribution is 2.50. The molecule has 0 aromatic heterocycles. The number of rotatable bonds is 7. The van der Waals surface area contributed by atoms with Crippen molar-refractivity contribution in [1.29, 1.82) is 0 Å². The molecular formula is C28H25ClNOPS2. The minimum absolute atomic E-state index is 0.531. The summed E-state index contributed by atoms with van der Waals surface area (Å²) in [4.78, 5) is 0. The van der Waals surface area contributed by atoms with Gasteiger partial charge in [-0.1, -0.05) is 114 Å². The van der Waals surface area contributed by atoms with Crippen molar-refractivity contribution < 1.29 is 4.74 Å².